The van der Waals surface area contributed by atoms with Gasteiger partial charge in [0.2, 0.25) is 0 Å². The van der Waals surface area contributed by atoms with Crippen molar-refractivity contribution in [3.8, 4) is 0 Å². The van der Waals surface area contributed by atoms with Crippen LogP contribution in [-0.2, 0) is 4.84 Å². The van der Waals surface area contributed by atoms with Crippen molar-refractivity contribution in [3.63, 3.8) is 0 Å². The SMILES string of the molecule is CO/N=C(/C)N=Cc1cccs1. The minimum Gasteiger partial charge on any atom is -0.398 e. The number of hydrogen-bond donors (Lipinski definition) is 0. The van der Waals surface area contributed by atoms with Crippen LogP contribution in [0.1, 0.15) is 11.8 Å². The van der Waals surface area contributed by atoms with Crippen molar-refractivity contribution in [2.24, 2.45) is 10.1 Å². The lowest BCUT2D eigenvalue weighted by atomic mass is 10.5. The number of oxime groups is 1. The van der Waals surface area contributed by atoms with Gasteiger partial charge in [-0.3, -0.25) is 0 Å². The highest BCUT2D eigenvalue weighted by Gasteiger charge is 1.87. The van der Waals surface area contributed by atoms with Crippen LogP contribution in [0.3, 0.4) is 0 Å². The molecule has 0 saturated carbocycles. The van der Waals surface area contributed by atoms with Gasteiger partial charge in [0, 0.05) is 11.1 Å². The lowest BCUT2D eigenvalue weighted by Crippen LogP contribution is -1.87. The summed E-state index contributed by atoms with van der Waals surface area (Å²) in [7, 11) is 1.50. The van der Waals surface area contributed by atoms with Crippen LogP contribution in [0.2, 0.25) is 0 Å². The standard InChI is InChI=1S/C8H10N2OS/c1-7(10-11-2)9-6-8-4-3-5-12-8/h3-6H,1-2H3/b9-6?,10-7-. The summed E-state index contributed by atoms with van der Waals surface area (Å²) in [5.41, 5.74) is 0. The van der Waals surface area contributed by atoms with Gasteiger partial charge in [-0.05, 0) is 18.4 Å². The molecule has 0 radical (unpaired) electrons. The van der Waals surface area contributed by atoms with E-state index in [9.17, 15) is 0 Å². The van der Waals surface area contributed by atoms with Crippen molar-refractivity contribution in [2.45, 2.75) is 6.92 Å². The summed E-state index contributed by atoms with van der Waals surface area (Å²) in [6.45, 7) is 1.79. The molecule has 0 aliphatic carbocycles. The molecule has 12 heavy (non-hydrogen) atoms. The minimum absolute atomic E-state index is 0.617. The maximum Gasteiger partial charge on any atom is 0.164 e. The Morgan fingerprint density at radius 2 is 2.50 bits per heavy atom. The fourth-order valence-electron chi connectivity index (χ4n) is 0.677. The quantitative estimate of drug-likeness (QED) is 0.392. The molecule has 4 heteroatoms. The molecule has 1 aromatic heterocycles. The molecule has 0 fully saturated rings. The summed E-state index contributed by atoms with van der Waals surface area (Å²) >= 11 is 1.64. The van der Waals surface area contributed by atoms with Crippen LogP contribution in [0.4, 0.5) is 0 Å². The number of aliphatic imine (C=N–C) groups is 1. The highest BCUT2D eigenvalue weighted by Crippen LogP contribution is 2.04. The van der Waals surface area contributed by atoms with Crippen molar-refractivity contribution in [3.05, 3.63) is 22.4 Å². The van der Waals surface area contributed by atoms with Crippen LogP contribution in [0.25, 0.3) is 0 Å². The fourth-order valence-corrected chi connectivity index (χ4v) is 1.26. The van der Waals surface area contributed by atoms with Gasteiger partial charge < -0.3 is 4.84 Å². The van der Waals surface area contributed by atoms with E-state index < -0.39 is 0 Å². The third-order valence-corrected chi connectivity index (χ3v) is 1.95. The molecule has 0 bridgehead atoms. The van der Waals surface area contributed by atoms with E-state index in [4.69, 9.17) is 0 Å². The Kier molecular flexibility index (Phi) is 3.47. The molecule has 0 amide bonds. The first-order valence-electron chi connectivity index (χ1n) is 3.48. The van der Waals surface area contributed by atoms with Crippen molar-refractivity contribution in [2.75, 3.05) is 7.11 Å². The summed E-state index contributed by atoms with van der Waals surface area (Å²) in [6.07, 6.45) is 1.77. The van der Waals surface area contributed by atoms with Gasteiger partial charge in [-0.1, -0.05) is 11.2 Å². The molecule has 0 N–H and O–H groups in total. The number of nitrogens with zero attached hydrogens (tertiary/aromatic N) is 2. The zero-order valence-electron chi connectivity index (χ0n) is 7.02. The summed E-state index contributed by atoms with van der Waals surface area (Å²) < 4.78 is 0. The van der Waals surface area contributed by atoms with Gasteiger partial charge in [0.15, 0.2) is 5.84 Å². The topological polar surface area (TPSA) is 34.0 Å². The second-order valence-electron chi connectivity index (χ2n) is 2.09. The van der Waals surface area contributed by atoms with E-state index in [1.165, 1.54) is 7.11 Å². The smallest absolute Gasteiger partial charge is 0.164 e. The summed E-state index contributed by atoms with van der Waals surface area (Å²) in [5, 5.41) is 5.65. The minimum atomic E-state index is 0.617. The van der Waals surface area contributed by atoms with Gasteiger partial charge >= 0.3 is 0 Å². The molecular weight excluding hydrogens is 172 g/mol. The molecule has 1 heterocycles. The predicted octanol–water partition coefficient (Wildman–Crippen LogP) is 2.15. The first kappa shape index (κ1) is 8.93. The highest BCUT2D eigenvalue weighted by atomic mass is 32.1. The number of rotatable bonds is 2. The summed E-state index contributed by atoms with van der Waals surface area (Å²) in [4.78, 5) is 9.73. The predicted molar refractivity (Wildman–Crippen MR) is 52.0 cm³/mol. The molecule has 0 atom stereocenters. The van der Waals surface area contributed by atoms with Crippen LogP contribution in [-0.4, -0.2) is 19.2 Å². The van der Waals surface area contributed by atoms with Gasteiger partial charge in [-0.15, -0.1) is 11.3 Å². The van der Waals surface area contributed by atoms with Crippen LogP contribution in [0.5, 0.6) is 0 Å². The lowest BCUT2D eigenvalue weighted by molar-refractivity contribution is 0.213. The Bertz CT molecular complexity index is 277. The molecule has 0 aliphatic rings. The third-order valence-electron chi connectivity index (χ3n) is 1.15. The Labute approximate surface area is 75.4 Å². The molecule has 0 spiro atoms. The summed E-state index contributed by atoms with van der Waals surface area (Å²) in [5.74, 6) is 0.617. The van der Waals surface area contributed by atoms with Crippen molar-refractivity contribution in [1.29, 1.82) is 0 Å². The second kappa shape index (κ2) is 4.66. The average Bonchev–Trinajstić information content (AvgIpc) is 2.53. The molecular formula is C8H10N2OS. The van der Waals surface area contributed by atoms with E-state index in [2.05, 4.69) is 15.0 Å². The van der Waals surface area contributed by atoms with E-state index in [0.29, 0.717) is 5.84 Å². The van der Waals surface area contributed by atoms with Gasteiger partial charge in [-0.25, -0.2) is 4.99 Å². The molecule has 0 unspecified atom stereocenters. The van der Waals surface area contributed by atoms with Crippen LogP contribution >= 0.6 is 11.3 Å². The Morgan fingerprint density at radius 3 is 3.08 bits per heavy atom. The highest BCUT2D eigenvalue weighted by molar-refractivity contribution is 7.11. The van der Waals surface area contributed by atoms with E-state index in [1.807, 2.05) is 17.5 Å². The van der Waals surface area contributed by atoms with Crippen molar-refractivity contribution < 1.29 is 4.84 Å². The van der Waals surface area contributed by atoms with Crippen LogP contribution in [0, 0.1) is 0 Å². The van der Waals surface area contributed by atoms with E-state index >= 15 is 0 Å². The lowest BCUT2D eigenvalue weighted by Gasteiger charge is -1.88. The maximum absolute atomic E-state index is 4.55. The number of amidine groups is 1. The van der Waals surface area contributed by atoms with Crippen LogP contribution < -0.4 is 0 Å². The van der Waals surface area contributed by atoms with E-state index in [1.54, 1.807) is 24.5 Å². The molecule has 3 nitrogen and oxygen atoms in total. The van der Waals surface area contributed by atoms with Crippen molar-refractivity contribution >= 4 is 23.4 Å². The molecule has 64 valence electrons. The van der Waals surface area contributed by atoms with Crippen LogP contribution in [0.15, 0.2) is 27.7 Å². The zero-order chi connectivity index (χ0) is 8.81. The fraction of sp³-hybridized carbons (Fsp3) is 0.250. The van der Waals surface area contributed by atoms with Gasteiger partial charge in [0.1, 0.15) is 7.11 Å². The summed E-state index contributed by atoms with van der Waals surface area (Å²) in [6, 6.07) is 3.98. The van der Waals surface area contributed by atoms with Gasteiger partial charge in [0.25, 0.3) is 0 Å². The van der Waals surface area contributed by atoms with E-state index in [-0.39, 0.29) is 0 Å². The number of thiophene rings is 1. The van der Waals surface area contributed by atoms with Crippen molar-refractivity contribution in [1.82, 2.24) is 0 Å². The largest absolute Gasteiger partial charge is 0.398 e. The normalized spacial score (nSPS) is 12.3. The second-order valence-corrected chi connectivity index (χ2v) is 3.07. The van der Waals surface area contributed by atoms with Gasteiger partial charge in [0.05, 0.1) is 0 Å². The Balaban J connectivity index is 2.56. The first-order chi connectivity index (χ1) is 5.83. The molecule has 1 rings (SSSR count). The monoisotopic (exact) mass is 182 g/mol. The Hall–Kier alpha value is -1.16. The average molecular weight is 182 g/mol. The molecule has 0 saturated heterocycles. The zero-order valence-corrected chi connectivity index (χ0v) is 7.84. The maximum atomic E-state index is 4.55. The number of hydrogen-bond acceptors (Lipinski definition) is 3. The third kappa shape index (κ3) is 2.84. The van der Waals surface area contributed by atoms with Gasteiger partial charge in [-0.2, -0.15) is 0 Å². The molecule has 1 aromatic rings. The van der Waals surface area contributed by atoms with E-state index in [0.717, 1.165) is 4.88 Å². The Morgan fingerprint density at radius 1 is 1.67 bits per heavy atom. The molecule has 0 aromatic carbocycles. The molecule has 0 aliphatic heterocycles. The first-order valence-corrected chi connectivity index (χ1v) is 4.36.